The predicted octanol–water partition coefficient (Wildman–Crippen LogP) is 3.97. The molecule has 25 heavy (non-hydrogen) atoms. The van der Waals surface area contributed by atoms with E-state index in [4.69, 9.17) is 10.2 Å². The van der Waals surface area contributed by atoms with Gasteiger partial charge in [-0.05, 0) is 38.5 Å². The Labute approximate surface area is 152 Å². The zero-order valence-electron chi connectivity index (χ0n) is 16.4. The maximum absolute atomic E-state index is 10.8. The molecule has 0 rings (SSSR count). The standard InChI is InChI=1S/C10H20O3.C9H18O3/c1-3-5-6-8-10(13,7-4-2)9(11)12;1-3-5-6-7-9(12,4-2)8(10)11/h13H,3-8H2,1-2H3,(H,11,12);12H,3-7H2,1-2H3,(H,10,11). The first-order valence-corrected chi connectivity index (χ1v) is 9.55. The average Bonchev–Trinajstić information content (AvgIpc) is 2.55. The van der Waals surface area contributed by atoms with Crippen LogP contribution in [-0.2, 0) is 9.59 Å². The summed E-state index contributed by atoms with van der Waals surface area (Å²) in [7, 11) is 0. The number of hydrogen-bond donors (Lipinski definition) is 4. The summed E-state index contributed by atoms with van der Waals surface area (Å²) >= 11 is 0. The van der Waals surface area contributed by atoms with Gasteiger partial charge in [0.15, 0.2) is 11.2 Å². The number of rotatable bonds is 13. The van der Waals surface area contributed by atoms with Gasteiger partial charge in [0.05, 0.1) is 0 Å². The van der Waals surface area contributed by atoms with Gasteiger partial charge in [0.1, 0.15) is 0 Å². The summed E-state index contributed by atoms with van der Waals surface area (Å²) in [5, 5.41) is 36.7. The van der Waals surface area contributed by atoms with Crippen LogP contribution in [0.5, 0.6) is 0 Å². The molecule has 4 N–H and O–H groups in total. The van der Waals surface area contributed by atoms with Gasteiger partial charge in [0.25, 0.3) is 0 Å². The van der Waals surface area contributed by atoms with E-state index >= 15 is 0 Å². The normalized spacial score (nSPS) is 15.4. The molecule has 2 unspecified atom stereocenters. The van der Waals surface area contributed by atoms with Crippen LogP contribution in [0.15, 0.2) is 0 Å². The molecule has 0 aromatic carbocycles. The third kappa shape index (κ3) is 11.2. The Morgan fingerprint density at radius 2 is 1.04 bits per heavy atom. The Kier molecular flexibility index (Phi) is 14.7. The zero-order chi connectivity index (χ0) is 19.9. The molecule has 0 radical (unpaired) electrons. The number of unbranched alkanes of at least 4 members (excludes halogenated alkanes) is 4. The van der Waals surface area contributed by atoms with Crippen LogP contribution in [0, 0.1) is 0 Å². The van der Waals surface area contributed by atoms with Gasteiger partial charge in [-0.2, -0.15) is 0 Å². The predicted molar refractivity (Wildman–Crippen MR) is 98.7 cm³/mol. The van der Waals surface area contributed by atoms with Crippen LogP contribution in [0.1, 0.15) is 98.3 Å². The van der Waals surface area contributed by atoms with E-state index in [-0.39, 0.29) is 6.42 Å². The summed E-state index contributed by atoms with van der Waals surface area (Å²) < 4.78 is 0. The molecule has 0 heterocycles. The smallest absolute Gasteiger partial charge is 0.335 e. The number of carboxylic acid groups (broad SMARTS) is 2. The van der Waals surface area contributed by atoms with Crippen molar-refractivity contribution in [1.29, 1.82) is 0 Å². The fourth-order valence-electron chi connectivity index (χ4n) is 2.52. The van der Waals surface area contributed by atoms with E-state index in [0.29, 0.717) is 25.7 Å². The van der Waals surface area contributed by atoms with E-state index in [0.717, 1.165) is 38.5 Å². The number of carboxylic acids is 2. The van der Waals surface area contributed by atoms with Gasteiger partial charge >= 0.3 is 11.9 Å². The molecule has 0 saturated carbocycles. The summed E-state index contributed by atoms with van der Waals surface area (Å²) in [6.07, 6.45) is 7.71. The SMILES string of the molecule is CCCCCC(O)(CC)C(=O)O.CCCCCC(O)(CCC)C(=O)O. The zero-order valence-corrected chi connectivity index (χ0v) is 16.4. The second-order valence-electron chi connectivity index (χ2n) is 6.69. The van der Waals surface area contributed by atoms with E-state index in [2.05, 4.69) is 6.92 Å². The van der Waals surface area contributed by atoms with Gasteiger partial charge in [-0.3, -0.25) is 0 Å². The van der Waals surface area contributed by atoms with Crippen LogP contribution in [-0.4, -0.2) is 43.6 Å². The number of carbonyl (C=O) groups is 2. The molecule has 0 aliphatic rings. The molecule has 0 aromatic heterocycles. The number of hydrogen-bond acceptors (Lipinski definition) is 4. The molecular weight excluding hydrogens is 324 g/mol. The van der Waals surface area contributed by atoms with Crippen LogP contribution in [0.4, 0.5) is 0 Å². The topological polar surface area (TPSA) is 115 Å². The van der Waals surface area contributed by atoms with Crippen molar-refractivity contribution in [3.8, 4) is 0 Å². The average molecular weight is 363 g/mol. The summed E-state index contributed by atoms with van der Waals surface area (Å²) in [5.41, 5.74) is -2.97. The lowest BCUT2D eigenvalue weighted by Crippen LogP contribution is -2.38. The van der Waals surface area contributed by atoms with E-state index in [1.165, 1.54) is 0 Å². The van der Waals surface area contributed by atoms with Gasteiger partial charge in [-0.15, -0.1) is 0 Å². The first-order valence-electron chi connectivity index (χ1n) is 9.55. The van der Waals surface area contributed by atoms with Crippen molar-refractivity contribution >= 4 is 11.9 Å². The lowest BCUT2D eigenvalue weighted by atomic mass is 9.91. The minimum atomic E-state index is -1.49. The van der Waals surface area contributed by atoms with E-state index < -0.39 is 23.1 Å². The van der Waals surface area contributed by atoms with Crippen molar-refractivity contribution in [2.45, 2.75) is 110 Å². The molecule has 0 aliphatic heterocycles. The molecule has 150 valence electrons. The molecule has 0 spiro atoms. The Morgan fingerprint density at radius 1 is 0.640 bits per heavy atom. The van der Waals surface area contributed by atoms with Crippen LogP contribution in [0.25, 0.3) is 0 Å². The quantitative estimate of drug-likeness (QED) is 0.368. The van der Waals surface area contributed by atoms with E-state index in [1.807, 2.05) is 13.8 Å². The first-order chi connectivity index (χ1) is 11.6. The van der Waals surface area contributed by atoms with Gasteiger partial charge in [0, 0.05) is 0 Å². The summed E-state index contributed by atoms with van der Waals surface area (Å²) in [4.78, 5) is 21.4. The minimum absolute atomic E-state index is 0.284. The molecule has 0 aliphatic carbocycles. The molecule has 0 bridgehead atoms. The number of aliphatic carboxylic acids is 2. The highest BCUT2D eigenvalue weighted by molar-refractivity contribution is 5.77. The second kappa shape index (κ2) is 14.1. The Morgan fingerprint density at radius 3 is 1.32 bits per heavy atom. The molecule has 6 nitrogen and oxygen atoms in total. The van der Waals surface area contributed by atoms with Crippen LogP contribution in [0.3, 0.4) is 0 Å². The highest BCUT2D eigenvalue weighted by atomic mass is 16.4. The third-order valence-corrected chi connectivity index (χ3v) is 4.43. The summed E-state index contributed by atoms with van der Waals surface area (Å²) in [6, 6.07) is 0. The molecule has 0 saturated heterocycles. The largest absolute Gasteiger partial charge is 0.479 e. The van der Waals surface area contributed by atoms with Crippen molar-refractivity contribution < 1.29 is 30.0 Å². The van der Waals surface area contributed by atoms with Crippen molar-refractivity contribution in [1.82, 2.24) is 0 Å². The lowest BCUT2D eigenvalue weighted by molar-refractivity contribution is -0.160. The van der Waals surface area contributed by atoms with Crippen molar-refractivity contribution in [3.63, 3.8) is 0 Å². The van der Waals surface area contributed by atoms with Gasteiger partial charge in [-0.1, -0.05) is 59.8 Å². The Balaban J connectivity index is 0. The Hall–Kier alpha value is -1.14. The maximum Gasteiger partial charge on any atom is 0.335 e. The van der Waals surface area contributed by atoms with Gasteiger partial charge in [0.2, 0.25) is 0 Å². The minimum Gasteiger partial charge on any atom is -0.479 e. The van der Waals surface area contributed by atoms with Gasteiger partial charge in [-0.25, -0.2) is 9.59 Å². The molecule has 0 amide bonds. The van der Waals surface area contributed by atoms with E-state index in [1.54, 1.807) is 6.92 Å². The summed E-state index contributed by atoms with van der Waals surface area (Å²) in [5.74, 6) is -2.17. The van der Waals surface area contributed by atoms with Crippen LogP contribution in [0.2, 0.25) is 0 Å². The fraction of sp³-hybridized carbons (Fsp3) is 0.895. The van der Waals surface area contributed by atoms with Crippen molar-refractivity contribution in [2.24, 2.45) is 0 Å². The monoisotopic (exact) mass is 362 g/mol. The molecule has 0 aromatic rings. The Bertz CT molecular complexity index is 371. The summed E-state index contributed by atoms with van der Waals surface area (Å²) in [6.45, 7) is 7.68. The fourth-order valence-corrected chi connectivity index (χ4v) is 2.52. The third-order valence-electron chi connectivity index (χ3n) is 4.43. The lowest BCUT2D eigenvalue weighted by Gasteiger charge is -2.22. The number of aliphatic hydroxyl groups is 2. The maximum atomic E-state index is 10.8. The molecule has 0 fully saturated rings. The second-order valence-corrected chi connectivity index (χ2v) is 6.69. The van der Waals surface area contributed by atoms with Crippen molar-refractivity contribution in [2.75, 3.05) is 0 Å². The molecular formula is C19H38O6. The van der Waals surface area contributed by atoms with Gasteiger partial charge < -0.3 is 20.4 Å². The van der Waals surface area contributed by atoms with E-state index in [9.17, 15) is 19.8 Å². The first kappa shape index (κ1) is 26.1. The molecule has 2 atom stereocenters. The highest BCUT2D eigenvalue weighted by Gasteiger charge is 2.34. The highest BCUT2D eigenvalue weighted by Crippen LogP contribution is 2.21. The van der Waals surface area contributed by atoms with Crippen LogP contribution < -0.4 is 0 Å². The van der Waals surface area contributed by atoms with Crippen molar-refractivity contribution in [3.05, 3.63) is 0 Å². The van der Waals surface area contributed by atoms with Crippen LogP contribution >= 0.6 is 0 Å². The molecule has 6 heteroatoms.